The lowest BCUT2D eigenvalue weighted by Gasteiger charge is -2.05. The summed E-state index contributed by atoms with van der Waals surface area (Å²) in [7, 11) is 0. The van der Waals surface area contributed by atoms with Crippen molar-refractivity contribution >= 4 is 27.5 Å². The zero-order valence-corrected chi connectivity index (χ0v) is 11.4. The average Bonchev–Trinajstić information content (AvgIpc) is 2.23. The topological polar surface area (TPSA) is 12.0 Å². The summed E-state index contributed by atoms with van der Waals surface area (Å²) in [6.07, 6.45) is 3.51. The van der Waals surface area contributed by atoms with Gasteiger partial charge in [0.2, 0.25) is 0 Å². The molecule has 0 aliphatic heterocycles. The van der Waals surface area contributed by atoms with Crippen LogP contribution in [0.15, 0.2) is 22.7 Å². The lowest BCUT2D eigenvalue weighted by molar-refractivity contribution is 0.640. The molecule has 0 spiro atoms. The highest BCUT2D eigenvalue weighted by Gasteiger charge is 2.00. The minimum Gasteiger partial charge on any atom is -0.317 e. The Morgan fingerprint density at radius 3 is 2.87 bits per heavy atom. The Labute approximate surface area is 105 Å². The molecule has 0 bridgehead atoms. The normalized spacial score (nSPS) is 10.6. The molecule has 15 heavy (non-hydrogen) atoms. The van der Waals surface area contributed by atoms with Gasteiger partial charge in [-0.15, -0.1) is 0 Å². The van der Waals surface area contributed by atoms with E-state index in [-0.39, 0.29) is 0 Å². The second-order valence-electron chi connectivity index (χ2n) is 3.55. The van der Waals surface area contributed by atoms with Crippen LogP contribution in [0.2, 0.25) is 5.02 Å². The van der Waals surface area contributed by atoms with Crippen LogP contribution in [0.5, 0.6) is 0 Å². The van der Waals surface area contributed by atoms with E-state index in [4.69, 9.17) is 11.6 Å². The zero-order chi connectivity index (χ0) is 11.1. The summed E-state index contributed by atoms with van der Waals surface area (Å²) in [5, 5.41) is 4.14. The van der Waals surface area contributed by atoms with Gasteiger partial charge in [0.15, 0.2) is 0 Å². The molecule has 3 heteroatoms. The monoisotopic (exact) mass is 289 g/mol. The van der Waals surface area contributed by atoms with Crippen molar-refractivity contribution in [1.29, 1.82) is 0 Å². The van der Waals surface area contributed by atoms with Gasteiger partial charge in [0.1, 0.15) is 0 Å². The predicted molar refractivity (Wildman–Crippen MR) is 70.6 cm³/mol. The SMILES string of the molecule is CCNCCCCc1cc(Cl)ccc1Br. The molecule has 0 amide bonds. The number of aryl methyl sites for hydroxylation is 1. The number of hydrogen-bond donors (Lipinski definition) is 1. The van der Waals surface area contributed by atoms with Gasteiger partial charge in [-0.05, 0) is 56.1 Å². The maximum Gasteiger partial charge on any atom is 0.0409 e. The van der Waals surface area contributed by atoms with E-state index in [9.17, 15) is 0 Å². The third-order valence-corrected chi connectivity index (χ3v) is 3.32. The first-order valence-corrected chi connectivity index (χ1v) is 6.55. The average molecular weight is 291 g/mol. The first-order chi connectivity index (χ1) is 7.24. The molecular formula is C12H17BrClN. The fourth-order valence-corrected chi connectivity index (χ4v) is 2.12. The molecule has 1 aromatic carbocycles. The molecule has 0 unspecified atom stereocenters. The number of unbranched alkanes of at least 4 members (excludes halogenated alkanes) is 1. The summed E-state index contributed by atoms with van der Waals surface area (Å²) in [6, 6.07) is 5.97. The van der Waals surface area contributed by atoms with Crippen LogP contribution >= 0.6 is 27.5 Å². The van der Waals surface area contributed by atoms with Gasteiger partial charge in [-0.25, -0.2) is 0 Å². The van der Waals surface area contributed by atoms with Gasteiger partial charge in [-0.3, -0.25) is 0 Å². The Bertz CT molecular complexity index is 302. The lowest BCUT2D eigenvalue weighted by atomic mass is 10.1. The number of halogens is 2. The van der Waals surface area contributed by atoms with Crippen LogP contribution in [0.1, 0.15) is 25.3 Å². The Morgan fingerprint density at radius 1 is 1.33 bits per heavy atom. The first-order valence-electron chi connectivity index (χ1n) is 5.38. The molecular weight excluding hydrogens is 273 g/mol. The van der Waals surface area contributed by atoms with Crippen molar-refractivity contribution in [1.82, 2.24) is 5.32 Å². The number of hydrogen-bond acceptors (Lipinski definition) is 1. The maximum atomic E-state index is 5.95. The zero-order valence-electron chi connectivity index (χ0n) is 9.02. The quantitative estimate of drug-likeness (QED) is 0.780. The molecule has 1 rings (SSSR count). The van der Waals surface area contributed by atoms with Gasteiger partial charge in [-0.2, -0.15) is 0 Å². The Hall–Kier alpha value is -0.0500. The molecule has 0 fully saturated rings. The van der Waals surface area contributed by atoms with Crippen molar-refractivity contribution in [3.05, 3.63) is 33.3 Å². The van der Waals surface area contributed by atoms with E-state index in [0.717, 1.165) is 29.0 Å². The summed E-state index contributed by atoms with van der Waals surface area (Å²) in [5.41, 5.74) is 1.30. The highest BCUT2D eigenvalue weighted by molar-refractivity contribution is 9.10. The van der Waals surface area contributed by atoms with Crippen LogP contribution in [0.3, 0.4) is 0 Å². The van der Waals surface area contributed by atoms with Crippen LogP contribution < -0.4 is 5.32 Å². The van der Waals surface area contributed by atoms with Gasteiger partial charge < -0.3 is 5.32 Å². The van der Waals surface area contributed by atoms with Gasteiger partial charge in [0, 0.05) is 9.50 Å². The fourth-order valence-electron chi connectivity index (χ4n) is 1.48. The first kappa shape index (κ1) is 13.0. The van der Waals surface area contributed by atoms with Gasteiger partial charge in [-0.1, -0.05) is 34.5 Å². The molecule has 0 atom stereocenters. The largest absolute Gasteiger partial charge is 0.317 e. The molecule has 1 nitrogen and oxygen atoms in total. The summed E-state index contributed by atoms with van der Waals surface area (Å²) >= 11 is 9.49. The van der Waals surface area contributed by atoms with Crippen molar-refractivity contribution in [3.63, 3.8) is 0 Å². The highest BCUT2D eigenvalue weighted by atomic mass is 79.9. The van der Waals surface area contributed by atoms with Crippen LogP contribution in [-0.2, 0) is 6.42 Å². The van der Waals surface area contributed by atoms with E-state index in [0.29, 0.717) is 0 Å². The molecule has 1 N–H and O–H groups in total. The van der Waals surface area contributed by atoms with E-state index in [1.165, 1.54) is 18.4 Å². The molecule has 84 valence electrons. The summed E-state index contributed by atoms with van der Waals surface area (Å²) in [5.74, 6) is 0. The Morgan fingerprint density at radius 2 is 2.13 bits per heavy atom. The van der Waals surface area contributed by atoms with E-state index in [2.05, 4.69) is 28.2 Å². The van der Waals surface area contributed by atoms with Crippen molar-refractivity contribution < 1.29 is 0 Å². The van der Waals surface area contributed by atoms with Crippen LogP contribution in [0, 0.1) is 0 Å². The van der Waals surface area contributed by atoms with Crippen molar-refractivity contribution in [2.45, 2.75) is 26.2 Å². The van der Waals surface area contributed by atoms with Crippen LogP contribution in [0.25, 0.3) is 0 Å². The lowest BCUT2D eigenvalue weighted by Crippen LogP contribution is -2.13. The molecule has 0 saturated carbocycles. The van der Waals surface area contributed by atoms with E-state index in [1.807, 2.05) is 18.2 Å². The minimum absolute atomic E-state index is 0.819. The van der Waals surface area contributed by atoms with Crippen LogP contribution in [0.4, 0.5) is 0 Å². The third kappa shape index (κ3) is 5.01. The van der Waals surface area contributed by atoms with Gasteiger partial charge >= 0.3 is 0 Å². The number of rotatable bonds is 6. The minimum atomic E-state index is 0.819. The van der Waals surface area contributed by atoms with Gasteiger partial charge in [0.05, 0.1) is 0 Å². The molecule has 0 aromatic heterocycles. The summed E-state index contributed by atoms with van der Waals surface area (Å²) in [6.45, 7) is 4.29. The second kappa shape index (κ2) is 7.26. The molecule has 0 aliphatic carbocycles. The summed E-state index contributed by atoms with van der Waals surface area (Å²) < 4.78 is 1.16. The van der Waals surface area contributed by atoms with E-state index in [1.54, 1.807) is 0 Å². The molecule has 0 radical (unpaired) electrons. The highest BCUT2D eigenvalue weighted by Crippen LogP contribution is 2.22. The van der Waals surface area contributed by atoms with Crippen molar-refractivity contribution in [2.24, 2.45) is 0 Å². The Balaban J connectivity index is 2.33. The van der Waals surface area contributed by atoms with E-state index >= 15 is 0 Å². The third-order valence-electron chi connectivity index (χ3n) is 2.31. The summed E-state index contributed by atoms with van der Waals surface area (Å²) in [4.78, 5) is 0. The molecule has 0 heterocycles. The van der Waals surface area contributed by atoms with Crippen molar-refractivity contribution in [2.75, 3.05) is 13.1 Å². The van der Waals surface area contributed by atoms with Crippen molar-refractivity contribution in [3.8, 4) is 0 Å². The maximum absolute atomic E-state index is 5.95. The number of benzene rings is 1. The predicted octanol–water partition coefficient (Wildman–Crippen LogP) is 4.03. The Kier molecular flexibility index (Phi) is 6.30. The molecule has 1 aromatic rings. The fraction of sp³-hybridized carbons (Fsp3) is 0.500. The second-order valence-corrected chi connectivity index (χ2v) is 4.84. The van der Waals surface area contributed by atoms with Crippen LogP contribution in [-0.4, -0.2) is 13.1 Å². The standard InChI is InChI=1S/C12H17BrClN/c1-2-15-8-4-3-5-10-9-11(14)6-7-12(10)13/h6-7,9,15H,2-5,8H2,1H3. The molecule has 0 aliphatic rings. The van der Waals surface area contributed by atoms with E-state index < -0.39 is 0 Å². The smallest absolute Gasteiger partial charge is 0.0409 e. The van der Waals surface area contributed by atoms with Gasteiger partial charge in [0.25, 0.3) is 0 Å². The number of nitrogens with one attached hydrogen (secondary N) is 1. The molecule has 0 saturated heterocycles.